The molecule has 0 radical (unpaired) electrons. The minimum Gasteiger partial charge on any atom is -0.129 e. The molecule has 15 heavy (non-hydrogen) atoms. The fraction of sp³-hybridized carbons (Fsp3) is 0.300. The summed E-state index contributed by atoms with van der Waals surface area (Å²) in [6, 6.07) is 10.2. The molecule has 0 unspecified atom stereocenters. The van der Waals surface area contributed by atoms with E-state index in [0.29, 0.717) is 6.42 Å². The van der Waals surface area contributed by atoms with Crippen molar-refractivity contribution in [3.05, 3.63) is 35.9 Å². The molecule has 1 heterocycles. The molecule has 0 saturated carbocycles. The number of benzene rings is 1. The van der Waals surface area contributed by atoms with Crippen molar-refractivity contribution in [3.8, 4) is 0 Å². The zero-order valence-corrected chi connectivity index (χ0v) is 8.89. The molecule has 1 aromatic carbocycles. The van der Waals surface area contributed by atoms with E-state index < -0.39 is 5.66 Å². The summed E-state index contributed by atoms with van der Waals surface area (Å²) in [5, 5.41) is 16.4. The standard InChI is InChI=1S/C10H10N4S/c15-8-10(11-13-14-12-10)7-6-9-4-2-1-3-5-9/h1-5,8H,6-7H2. The largest absolute Gasteiger partial charge is 0.223 e. The van der Waals surface area contributed by atoms with Crippen LogP contribution in [0.3, 0.4) is 0 Å². The fourth-order valence-electron chi connectivity index (χ4n) is 1.39. The monoisotopic (exact) mass is 218 g/mol. The van der Waals surface area contributed by atoms with Gasteiger partial charge in [-0.15, -0.1) is 10.2 Å². The van der Waals surface area contributed by atoms with Gasteiger partial charge in [-0.3, -0.25) is 0 Å². The summed E-state index contributed by atoms with van der Waals surface area (Å²) < 4.78 is 0. The van der Waals surface area contributed by atoms with E-state index in [4.69, 9.17) is 12.2 Å². The lowest BCUT2D eigenvalue weighted by Gasteiger charge is -2.12. The zero-order valence-electron chi connectivity index (χ0n) is 8.08. The van der Waals surface area contributed by atoms with Crippen LogP contribution in [-0.2, 0) is 6.42 Å². The van der Waals surface area contributed by atoms with Gasteiger partial charge in [0.1, 0.15) is 0 Å². The van der Waals surface area contributed by atoms with Crippen molar-refractivity contribution in [1.82, 2.24) is 0 Å². The zero-order chi connectivity index (χ0) is 10.6. The molecule has 0 bridgehead atoms. The predicted molar refractivity (Wildman–Crippen MR) is 60.9 cm³/mol. The van der Waals surface area contributed by atoms with E-state index in [0.717, 1.165) is 6.42 Å². The quantitative estimate of drug-likeness (QED) is 0.716. The average molecular weight is 218 g/mol. The molecule has 0 aromatic heterocycles. The highest BCUT2D eigenvalue weighted by Gasteiger charge is 2.29. The Balaban J connectivity index is 2.01. The first kappa shape index (κ1) is 10.0. The maximum Gasteiger partial charge on any atom is 0.223 e. The van der Waals surface area contributed by atoms with Crippen molar-refractivity contribution in [2.45, 2.75) is 18.5 Å². The van der Waals surface area contributed by atoms with Crippen LogP contribution in [0.15, 0.2) is 51.0 Å². The second-order valence-electron chi connectivity index (χ2n) is 3.36. The van der Waals surface area contributed by atoms with Gasteiger partial charge in [-0.1, -0.05) is 42.5 Å². The SMILES string of the molecule is S=CC1(CCc2ccccc2)N=NN=N1. The van der Waals surface area contributed by atoms with E-state index in [1.807, 2.05) is 18.2 Å². The summed E-state index contributed by atoms with van der Waals surface area (Å²) in [7, 11) is 0. The van der Waals surface area contributed by atoms with E-state index in [9.17, 15) is 0 Å². The van der Waals surface area contributed by atoms with Crippen molar-refractivity contribution >= 4 is 17.6 Å². The van der Waals surface area contributed by atoms with Crippen LogP contribution in [0.1, 0.15) is 12.0 Å². The van der Waals surface area contributed by atoms with Gasteiger partial charge in [-0.2, -0.15) is 0 Å². The summed E-state index contributed by atoms with van der Waals surface area (Å²) in [4.78, 5) is 0. The van der Waals surface area contributed by atoms with E-state index in [1.165, 1.54) is 10.9 Å². The van der Waals surface area contributed by atoms with Crippen LogP contribution in [0.2, 0.25) is 0 Å². The molecule has 5 heteroatoms. The van der Waals surface area contributed by atoms with Crippen LogP contribution in [-0.4, -0.2) is 11.0 Å². The van der Waals surface area contributed by atoms with Crippen LogP contribution in [0.5, 0.6) is 0 Å². The third kappa shape index (κ3) is 2.30. The summed E-state index contributed by atoms with van der Waals surface area (Å²) in [5.41, 5.74) is 0.538. The first-order chi connectivity index (χ1) is 7.35. The first-order valence-corrected chi connectivity index (χ1v) is 5.16. The Labute approximate surface area is 93.1 Å². The number of nitrogens with zero attached hydrogens (tertiary/aromatic N) is 4. The summed E-state index contributed by atoms with van der Waals surface area (Å²) in [6.45, 7) is 0. The lowest BCUT2D eigenvalue weighted by atomic mass is 10.0. The van der Waals surface area contributed by atoms with Gasteiger partial charge >= 0.3 is 0 Å². The molecule has 0 atom stereocenters. The van der Waals surface area contributed by atoms with Gasteiger partial charge in [0, 0.05) is 11.8 Å². The first-order valence-electron chi connectivity index (χ1n) is 4.69. The normalized spacial score (nSPS) is 16.8. The Kier molecular flexibility index (Phi) is 2.91. The summed E-state index contributed by atoms with van der Waals surface area (Å²) in [6.07, 6.45) is 1.58. The second-order valence-corrected chi connectivity index (χ2v) is 3.60. The van der Waals surface area contributed by atoms with Crippen LogP contribution in [0.25, 0.3) is 0 Å². The molecule has 0 amide bonds. The molecule has 0 spiro atoms. The lowest BCUT2D eigenvalue weighted by molar-refractivity contribution is 0.555. The minimum absolute atomic E-state index is 0.703. The second kappa shape index (κ2) is 4.35. The molecule has 4 nitrogen and oxygen atoms in total. The molecule has 1 aliphatic rings. The molecule has 1 aromatic rings. The van der Waals surface area contributed by atoms with E-state index in [-0.39, 0.29) is 0 Å². The fourth-order valence-corrected chi connectivity index (χ4v) is 1.61. The van der Waals surface area contributed by atoms with Gasteiger partial charge in [0.25, 0.3) is 0 Å². The van der Waals surface area contributed by atoms with Crippen molar-refractivity contribution < 1.29 is 0 Å². The Morgan fingerprint density at radius 3 is 2.40 bits per heavy atom. The van der Waals surface area contributed by atoms with Gasteiger partial charge in [0.05, 0.1) is 0 Å². The third-order valence-corrected chi connectivity index (χ3v) is 2.67. The molecule has 0 fully saturated rings. The highest BCUT2D eigenvalue weighted by atomic mass is 32.1. The number of rotatable bonds is 4. The van der Waals surface area contributed by atoms with Crippen LogP contribution >= 0.6 is 12.2 Å². The topological polar surface area (TPSA) is 49.4 Å². The molecular formula is C10H10N4S. The highest BCUT2D eigenvalue weighted by molar-refractivity contribution is 7.79. The van der Waals surface area contributed by atoms with Gasteiger partial charge < -0.3 is 0 Å². The maximum atomic E-state index is 4.91. The molecular weight excluding hydrogens is 208 g/mol. The summed E-state index contributed by atoms with van der Waals surface area (Å²) >= 11 is 4.91. The molecule has 2 rings (SSSR count). The lowest BCUT2D eigenvalue weighted by Crippen LogP contribution is -2.23. The Hall–Kier alpha value is -1.49. The number of hydrogen-bond donors (Lipinski definition) is 0. The van der Waals surface area contributed by atoms with E-state index >= 15 is 0 Å². The molecule has 0 saturated heterocycles. The number of aryl methyl sites for hydroxylation is 1. The highest BCUT2D eigenvalue weighted by Crippen LogP contribution is 2.24. The molecule has 76 valence electrons. The van der Waals surface area contributed by atoms with Crippen LogP contribution < -0.4 is 0 Å². The minimum atomic E-state index is -0.703. The summed E-state index contributed by atoms with van der Waals surface area (Å²) in [5.74, 6) is 0. The Bertz CT molecular complexity index is 387. The van der Waals surface area contributed by atoms with Crippen molar-refractivity contribution in [3.63, 3.8) is 0 Å². The molecule has 0 aliphatic carbocycles. The number of thiocarbonyl (C=S) groups is 1. The van der Waals surface area contributed by atoms with Gasteiger partial charge in [-0.25, -0.2) is 0 Å². The van der Waals surface area contributed by atoms with Gasteiger partial charge in [0.15, 0.2) is 0 Å². The number of hydrogen-bond acceptors (Lipinski definition) is 5. The van der Waals surface area contributed by atoms with Crippen LogP contribution in [0, 0.1) is 0 Å². The van der Waals surface area contributed by atoms with Crippen molar-refractivity contribution in [1.29, 1.82) is 0 Å². The van der Waals surface area contributed by atoms with Crippen molar-refractivity contribution in [2.75, 3.05) is 0 Å². The van der Waals surface area contributed by atoms with Gasteiger partial charge in [0.2, 0.25) is 5.66 Å². The van der Waals surface area contributed by atoms with E-state index in [2.05, 4.69) is 32.8 Å². The smallest absolute Gasteiger partial charge is 0.129 e. The predicted octanol–water partition coefficient (Wildman–Crippen LogP) is 3.15. The molecule has 1 aliphatic heterocycles. The maximum absolute atomic E-state index is 4.91. The Morgan fingerprint density at radius 2 is 1.80 bits per heavy atom. The molecule has 0 N–H and O–H groups in total. The Morgan fingerprint density at radius 1 is 1.13 bits per heavy atom. The van der Waals surface area contributed by atoms with Gasteiger partial charge in [-0.05, 0) is 22.4 Å². The van der Waals surface area contributed by atoms with Crippen molar-refractivity contribution in [2.24, 2.45) is 20.7 Å². The van der Waals surface area contributed by atoms with E-state index in [1.54, 1.807) is 0 Å². The van der Waals surface area contributed by atoms with Crippen LogP contribution in [0.4, 0.5) is 0 Å². The average Bonchev–Trinajstić information content (AvgIpc) is 2.77. The third-order valence-electron chi connectivity index (χ3n) is 2.29.